The van der Waals surface area contributed by atoms with E-state index >= 15 is 0 Å². The first-order chi connectivity index (χ1) is 24.8. The van der Waals surface area contributed by atoms with E-state index in [0.29, 0.717) is 0 Å². The van der Waals surface area contributed by atoms with E-state index in [2.05, 4.69) is 197 Å². The summed E-state index contributed by atoms with van der Waals surface area (Å²) >= 11 is 0. The van der Waals surface area contributed by atoms with Gasteiger partial charge in [0.05, 0.1) is 27.8 Å². The minimum absolute atomic E-state index is 1.17. The molecule has 8 aromatic rings. The molecule has 50 heavy (non-hydrogen) atoms. The van der Waals surface area contributed by atoms with Crippen molar-refractivity contribution >= 4 is 39.4 Å². The fourth-order valence-corrected chi connectivity index (χ4v) is 7.56. The quantitative estimate of drug-likeness (QED) is 0.126. The van der Waals surface area contributed by atoms with Crippen LogP contribution in [0.4, 0.5) is 11.4 Å². The van der Waals surface area contributed by atoms with E-state index in [1.807, 2.05) is 13.0 Å². The van der Waals surface area contributed by atoms with Crippen LogP contribution in [0.2, 0.25) is 0 Å². The fraction of sp³-hybridized carbons (Fsp3) is 0.0208. The predicted octanol–water partition coefficient (Wildman–Crippen LogP) is 12.8. The highest BCUT2D eigenvalue weighted by atomic mass is 15.0. The van der Waals surface area contributed by atoms with Crippen LogP contribution in [0.5, 0.6) is 0 Å². The molecule has 0 spiro atoms. The second-order valence-corrected chi connectivity index (χ2v) is 12.7. The van der Waals surface area contributed by atoms with Crippen LogP contribution in [0, 0.1) is 0 Å². The molecule has 0 unspecified atom stereocenters. The van der Waals surface area contributed by atoms with Crippen LogP contribution < -0.4 is 4.58 Å². The molecule has 9 rings (SSSR count). The van der Waals surface area contributed by atoms with Gasteiger partial charge in [0, 0.05) is 34.5 Å². The van der Waals surface area contributed by atoms with Gasteiger partial charge in [-0.1, -0.05) is 127 Å². The molecule has 0 atom stereocenters. The number of rotatable bonds is 6. The third-order valence-electron chi connectivity index (χ3n) is 9.80. The van der Waals surface area contributed by atoms with E-state index < -0.39 is 0 Å². The van der Waals surface area contributed by atoms with E-state index in [9.17, 15) is 0 Å². The van der Waals surface area contributed by atoms with Crippen LogP contribution in [0.3, 0.4) is 0 Å². The molecule has 0 fully saturated rings. The van der Waals surface area contributed by atoms with E-state index in [1.54, 1.807) is 0 Å². The van der Waals surface area contributed by atoms with Crippen LogP contribution >= 0.6 is 0 Å². The molecule has 2 nitrogen and oxygen atoms in total. The Hall–Kier alpha value is -6.51. The first-order valence-corrected chi connectivity index (χ1v) is 17.2. The number of benzene rings is 7. The highest BCUT2D eigenvalue weighted by Gasteiger charge is 2.31. The van der Waals surface area contributed by atoms with Gasteiger partial charge in [-0.25, -0.2) is 0 Å². The molecule has 0 radical (unpaired) electrons. The van der Waals surface area contributed by atoms with Gasteiger partial charge in [0.1, 0.15) is 0 Å². The smallest absolute Gasteiger partial charge is 0.219 e. The summed E-state index contributed by atoms with van der Waals surface area (Å²) in [6.07, 6.45) is 10.4. The predicted molar refractivity (Wildman–Crippen MR) is 214 cm³/mol. The lowest BCUT2D eigenvalue weighted by atomic mass is 9.93. The SMILES string of the molecule is C/C=C\C=C/C=[N+]1c2ccccc2-c2cc(-c3ccc4c(c3)c3ccccc3n4-c3cccc(-c4ccccc4)c3-c3ccccc3)ccc21. The maximum atomic E-state index is 2.46. The van der Waals surface area contributed by atoms with Gasteiger partial charge in [0.15, 0.2) is 6.21 Å². The molecule has 0 bridgehead atoms. The molecule has 2 heteroatoms. The van der Waals surface area contributed by atoms with Crippen molar-refractivity contribution in [1.82, 2.24) is 9.14 Å². The van der Waals surface area contributed by atoms with Crippen molar-refractivity contribution in [2.75, 3.05) is 0 Å². The lowest BCUT2D eigenvalue weighted by molar-refractivity contribution is 1.14. The summed E-state index contributed by atoms with van der Waals surface area (Å²) in [4.78, 5) is 0. The molecule has 1 aromatic heterocycles. The van der Waals surface area contributed by atoms with E-state index in [1.165, 1.54) is 83.4 Å². The summed E-state index contributed by atoms with van der Waals surface area (Å²) < 4.78 is 4.75. The summed E-state index contributed by atoms with van der Waals surface area (Å²) in [6, 6.07) is 59.6. The number of hydrogen-bond acceptors (Lipinski definition) is 0. The number of nitrogens with zero attached hydrogens (tertiary/aromatic N) is 2. The maximum absolute atomic E-state index is 2.46. The van der Waals surface area contributed by atoms with Gasteiger partial charge in [0.2, 0.25) is 11.4 Å². The van der Waals surface area contributed by atoms with Gasteiger partial charge in [-0.15, -0.1) is 0 Å². The second kappa shape index (κ2) is 12.5. The van der Waals surface area contributed by atoms with Crippen molar-refractivity contribution in [3.63, 3.8) is 0 Å². The monoisotopic (exact) mass is 639 g/mol. The van der Waals surface area contributed by atoms with Crippen molar-refractivity contribution in [3.05, 3.63) is 188 Å². The number of allylic oxidation sites excluding steroid dienone is 4. The molecule has 236 valence electrons. The van der Waals surface area contributed by atoms with E-state index in [4.69, 9.17) is 0 Å². The highest BCUT2D eigenvalue weighted by molar-refractivity contribution is 6.11. The van der Waals surface area contributed by atoms with Gasteiger partial charge in [-0.2, -0.15) is 4.58 Å². The van der Waals surface area contributed by atoms with E-state index in [0.717, 1.165) is 0 Å². The number of hydrogen-bond donors (Lipinski definition) is 0. The lowest BCUT2D eigenvalue weighted by Gasteiger charge is -2.18. The van der Waals surface area contributed by atoms with Crippen LogP contribution in [0.15, 0.2) is 188 Å². The Kier molecular flexibility index (Phi) is 7.40. The first kappa shape index (κ1) is 29.6. The standard InChI is InChI=1S/C48H35N2/c1-2-3-4-15-31-49-43-24-13-11-21-39(43)41-32-36(27-29-44(41)49)37-28-30-46-42(33-37)40-22-12-14-25-45(40)50(46)47-26-16-23-38(34-17-7-5-8-18-34)48(47)35-19-9-6-10-20-35/h2-33H,1H3/q+1/b3-2-,15-4-,49-31?. The summed E-state index contributed by atoms with van der Waals surface area (Å²) in [5.41, 5.74) is 15.7. The van der Waals surface area contributed by atoms with Crippen molar-refractivity contribution in [2.45, 2.75) is 6.92 Å². The largest absolute Gasteiger partial charge is 0.309 e. The average molecular weight is 640 g/mol. The summed E-state index contributed by atoms with van der Waals surface area (Å²) in [5.74, 6) is 0. The molecule has 0 aliphatic carbocycles. The summed E-state index contributed by atoms with van der Waals surface area (Å²) in [6.45, 7) is 2.03. The zero-order chi connectivity index (χ0) is 33.4. The molecular formula is C48H35N2+. The molecule has 1 aliphatic rings. The Bertz CT molecular complexity index is 2640. The van der Waals surface area contributed by atoms with E-state index in [-0.39, 0.29) is 0 Å². The molecular weight excluding hydrogens is 605 g/mol. The third kappa shape index (κ3) is 4.93. The molecule has 7 aromatic carbocycles. The molecule has 0 amide bonds. The third-order valence-corrected chi connectivity index (χ3v) is 9.80. The van der Waals surface area contributed by atoms with Crippen molar-refractivity contribution in [2.24, 2.45) is 0 Å². The Morgan fingerprint density at radius 1 is 0.440 bits per heavy atom. The molecule has 0 N–H and O–H groups in total. The van der Waals surface area contributed by atoms with Crippen LogP contribution in [0.25, 0.3) is 72.0 Å². The molecule has 0 saturated heterocycles. The zero-order valence-electron chi connectivity index (χ0n) is 27.9. The van der Waals surface area contributed by atoms with Crippen LogP contribution in [0.1, 0.15) is 6.92 Å². The van der Waals surface area contributed by atoms with Crippen molar-refractivity contribution < 1.29 is 0 Å². The Balaban J connectivity index is 1.23. The minimum Gasteiger partial charge on any atom is -0.309 e. The summed E-state index contributed by atoms with van der Waals surface area (Å²) in [7, 11) is 0. The molecule has 1 aliphatic heterocycles. The highest BCUT2D eigenvalue weighted by Crippen LogP contribution is 2.47. The van der Waals surface area contributed by atoms with Crippen molar-refractivity contribution in [1.29, 1.82) is 0 Å². The Morgan fingerprint density at radius 2 is 1.10 bits per heavy atom. The lowest BCUT2D eigenvalue weighted by Crippen LogP contribution is -2.00. The van der Waals surface area contributed by atoms with Gasteiger partial charge < -0.3 is 4.57 Å². The Labute approximate surface area is 292 Å². The number of aromatic nitrogens is 1. The fourth-order valence-electron chi connectivity index (χ4n) is 7.56. The van der Waals surface area contributed by atoms with Crippen LogP contribution in [-0.2, 0) is 0 Å². The first-order valence-electron chi connectivity index (χ1n) is 17.2. The van der Waals surface area contributed by atoms with Crippen LogP contribution in [-0.4, -0.2) is 10.8 Å². The molecule has 0 saturated carbocycles. The summed E-state index contributed by atoms with van der Waals surface area (Å²) in [5, 5.41) is 2.49. The number of para-hydroxylation sites is 2. The average Bonchev–Trinajstić information content (AvgIpc) is 3.68. The normalized spacial score (nSPS) is 13.2. The number of fused-ring (bicyclic) bond motifs is 6. The molecule has 2 heterocycles. The van der Waals surface area contributed by atoms with Gasteiger partial charge in [-0.05, 0) is 77.2 Å². The Morgan fingerprint density at radius 3 is 1.94 bits per heavy atom. The van der Waals surface area contributed by atoms with Gasteiger partial charge in [0.25, 0.3) is 0 Å². The van der Waals surface area contributed by atoms with Crippen molar-refractivity contribution in [3.8, 4) is 50.2 Å². The van der Waals surface area contributed by atoms with Gasteiger partial charge >= 0.3 is 0 Å². The maximum Gasteiger partial charge on any atom is 0.219 e. The zero-order valence-corrected chi connectivity index (χ0v) is 27.9. The minimum atomic E-state index is 1.17. The van der Waals surface area contributed by atoms with Gasteiger partial charge in [-0.3, -0.25) is 0 Å². The second-order valence-electron chi connectivity index (χ2n) is 12.7. The topological polar surface area (TPSA) is 7.94 Å².